The summed E-state index contributed by atoms with van der Waals surface area (Å²) in [6.07, 6.45) is 3.94. The van der Waals surface area contributed by atoms with Crippen molar-refractivity contribution in [2.75, 3.05) is 23.3 Å². The van der Waals surface area contributed by atoms with Gasteiger partial charge in [-0.3, -0.25) is 4.79 Å². The molecule has 0 saturated heterocycles. The van der Waals surface area contributed by atoms with E-state index >= 15 is 0 Å². The second kappa shape index (κ2) is 5.32. The highest BCUT2D eigenvalue weighted by molar-refractivity contribution is 5.99. The lowest BCUT2D eigenvalue weighted by atomic mass is 10.2. The molecule has 1 unspecified atom stereocenters. The van der Waals surface area contributed by atoms with Crippen LogP contribution in [0, 0.1) is 0 Å². The summed E-state index contributed by atoms with van der Waals surface area (Å²) in [6, 6.07) is 7.54. The minimum Gasteiger partial charge on any atom is -0.383 e. The first-order valence-electron chi connectivity index (χ1n) is 6.76. The Labute approximate surface area is 117 Å². The van der Waals surface area contributed by atoms with Gasteiger partial charge in [0.2, 0.25) is 0 Å². The van der Waals surface area contributed by atoms with Crippen molar-refractivity contribution in [3.63, 3.8) is 0 Å². The SMILES string of the molecule is CC(C(=O)N1CCCNc2ccccc21)n1cncn1. The molecule has 20 heavy (non-hydrogen) atoms. The van der Waals surface area contributed by atoms with Gasteiger partial charge in [0.1, 0.15) is 18.7 Å². The lowest BCUT2D eigenvalue weighted by Gasteiger charge is -2.25. The smallest absolute Gasteiger partial charge is 0.251 e. The summed E-state index contributed by atoms with van der Waals surface area (Å²) in [5.74, 6) is 0.0339. The molecule has 1 aromatic heterocycles. The molecular formula is C14H17N5O. The van der Waals surface area contributed by atoms with Crippen LogP contribution in [0.5, 0.6) is 0 Å². The number of rotatable bonds is 2. The number of para-hydroxylation sites is 2. The number of carbonyl (C=O) groups excluding carboxylic acids is 1. The summed E-state index contributed by atoms with van der Waals surface area (Å²) in [5, 5.41) is 7.41. The zero-order valence-corrected chi connectivity index (χ0v) is 11.4. The molecule has 1 aromatic carbocycles. The van der Waals surface area contributed by atoms with E-state index in [1.54, 1.807) is 11.0 Å². The molecule has 1 aliphatic rings. The van der Waals surface area contributed by atoms with Gasteiger partial charge in [0.15, 0.2) is 0 Å². The Morgan fingerprint density at radius 2 is 2.25 bits per heavy atom. The molecule has 0 saturated carbocycles. The van der Waals surface area contributed by atoms with Crippen LogP contribution in [0.1, 0.15) is 19.4 Å². The molecule has 104 valence electrons. The summed E-state index contributed by atoms with van der Waals surface area (Å²) >= 11 is 0. The molecule has 3 rings (SSSR count). The van der Waals surface area contributed by atoms with E-state index < -0.39 is 0 Å². The average Bonchev–Trinajstić information content (AvgIpc) is 2.93. The van der Waals surface area contributed by atoms with Crippen LogP contribution >= 0.6 is 0 Å². The fourth-order valence-corrected chi connectivity index (χ4v) is 2.42. The Hall–Kier alpha value is -2.37. The van der Waals surface area contributed by atoms with Crippen molar-refractivity contribution in [2.24, 2.45) is 0 Å². The minimum absolute atomic E-state index is 0.0339. The van der Waals surface area contributed by atoms with Gasteiger partial charge in [-0.15, -0.1) is 0 Å². The van der Waals surface area contributed by atoms with Crippen molar-refractivity contribution in [1.29, 1.82) is 0 Å². The average molecular weight is 271 g/mol. The Morgan fingerprint density at radius 3 is 3.05 bits per heavy atom. The van der Waals surface area contributed by atoms with Gasteiger partial charge >= 0.3 is 0 Å². The third-order valence-corrected chi connectivity index (χ3v) is 3.53. The monoisotopic (exact) mass is 271 g/mol. The summed E-state index contributed by atoms with van der Waals surface area (Å²) in [7, 11) is 0. The maximum Gasteiger partial charge on any atom is 0.251 e. The van der Waals surface area contributed by atoms with Crippen molar-refractivity contribution in [3.8, 4) is 0 Å². The van der Waals surface area contributed by atoms with Crippen LogP contribution in [-0.2, 0) is 4.79 Å². The number of fused-ring (bicyclic) bond motifs is 1. The van der Waals surface area contributed by atoms with E-state index in [1.807, 2.05) is 36.1 Å². The number of nitrogens with zero attached hydrogens (tertiary/aromatic N) is 4. The second-order valence-corrected chi connectivity index (χ2v) is 4.84. The molecule has 0 aliphatic carbocycles. The first-order valence-corrected chi connectivity index (χ1v) is 6.76. The number of hydrogen-bond donors (Lipinski definition) is 1. The topological polar surface area (TPSA) is 63.1 Å². The summed E-state index contributed by atoms with van der Waals surface area (Å²) in [5.41, 5.74) is 1.94. The quantitative estimate of drug-likeness (QED) is 0.902. The van der Waals surface area contributed by atoms with Crippen LogP contribution in [0.15, 0.2) is 36.9 Å². The predicted molar refractivity (Wildman–Crippen MR) is 76.6 cm³/mol. The molecule has 2 aromatic rings. The second-order valence-electron chi connectivity index (χ2n) is 4.84. The van der Waals surface area contributed by atoms with Crippen LogP contribution in [0.4, 0.5) is 11.4 Å². The Morgan fingerprint density at radius 1 is 1.40 bits per heavy atom. The molecule has 0 spiro atoms. The van der Waals surface area contributed by atoms with Crippen LogP contribution in [0.3, 0.4) is 0 Å². The fraction of sp³-hybridized carbons (Fsp3) is 0.357. The minimum atomic E-state index is -0.358. The lowest BCUT2D eigenvalue weighted by molar-refractivity contribution is -0.121. The van der Waals surface area contributed by atoms with Gasteiger partial charge < -0.3 is 10.2 Å². The Balaban J connectivity index is 1.91. The van der Waals surface area contributed by atoms with Crippen molar-refractivity contribution < 1.29 is 4.79 Å². The van der Waals surface area contributed by atoms with Crippen molar-refractivity contribution in [3.05, 3.63) is 36.9 Å². The highest BCUT2D eigenvalue weighted by atomic mass is 16.2. The molecule has 0 radical (unpaired) electrons. The van der Waals surface area contributed by atoms with Crippen LogP contribution in [0.2, 0.25) is 0 Å². The van der Waals surface area contributed by atoms with E-state index in [1.165, 1.54) is 6.33 Å². The largest absolute Gasteiger partial charge is 0.383 e. The molecule has 1 N–H and O–H groups in total. The van der Waals surface area contributed by atoms with E-state index in [2.05, 4.69) is 15.4 Å². The number of benzene rings is 1. The number of anilines is 2. The standard InChI is InChI=1S/C14H17N5O/c1-11(19-10-15-9-17-19)14(20)18-8-4-7-16-12-5-2-3-6-13(12)18/h2-3,5-6,9-11,16H,4,7-8H2,1H3. The molecule has 0 fully saturated rings. The summed E-state index contributed by atoms with van der Waals surface area (Å²) in [4.78, 5) is 18.5. The van der Waals surface area contributed by atoms with Crippen molar-refractivity contribution in [1.82, 2.24) is 14.8 Å². The van der Waals surface area contributed by atoms with Gasteiger partial charge in [-0.25, -0.2) is 9.67 Å². The predicted octanol–water partition coefficient (Wildman–Crippen LogP) is 1.69. The number of nitrogens with one attached hydrogen (secondary N) is 1. The van der Waals surface area contributed by atoms with Gasteiger partial charge in [0, 0.05) is 13.1 Å². The number of hydrogen-bond acceptors (Lipinski definition) is 4. The van der Waals surface area contributed by atoms with E-state index in [0.717, 1.165) is 24.3 Å². The molecule has 1 aliphatic heterocycles. The van der Waals surface area contributed by atoms with Crippen LogP contribution in [0.25, 0.3) is 0 Å². The van der Waals surface area contributed by atoms with E-state index in [9.17, 15) is 4.79 Å². The Bertz CT molecular complexity index is 595. The van der Waals surface area contributed by atoms with Crippen LogP contribution < -0.4 is 10.2 Å². The number of carbonyl (C=O) groups is 1. The van der Waals surface area contributed by atoms with E-state index in [4.69, 9.17) is 0 Å². The van der Waals surface area contributed by atoms with Gasteiger partial charge in [0.25, 0.3) is 5.91 Å². The normalized spacial score (nSPS) is 15.9. The summed E-state index contributed by atoms with van der Waals surface area (Å²) < 4.78 is 1.59. The number of amides is 1. The van der Waals surface area contributed by atoms with E-state index in [0.29, 0.717) is 6.54 Å². The molecule has 1 atom stereocenters. The highest BCUT2D eigenvalue weighted by Gasteiger charge is 2.26. The Kier molecular flexibility index (Phi) is 3.37. The highest BCUT2D eigenvalue weighted by Crippen LogP contribution is 2.29. The third-order valence-electron chi connectivity index (χ3n) is 3.53. The first-order chi connectivity index (χ1) is 9.77. The summed E-state index contributed by atoms with van der Waals surface area (Å²) in [6.45, 7) is 3.43. The van der Waals surface area contributed by atoms with Gasteiger partial charge in [-0.1, -0.05) is 12.1 Å². The first kappa shape index (κ1) is 12.7. The maximum absolute atomic E-state index is 12.7. The molecule has 2 heterocycles. The zero-order chi connectivity index (χ0) is 13.9. The molecule has 6 heteroatoms. The number of aromatic nitrogens is 3. The molecular weight excluding hydrogens is 254 g/mol. The lowest BCUT2D eigenvalue weighted by Crippen LogP contribution is -2.37. The van der Waals surface area contributed by atoms with Crippen molar-refractivity contribution in [2.45, 2.75) is 19.4 Å². The van der Waals surface area contributed by atoms with Crippen LogP contribution in [-0.4, -0.2) is 33.8 Å². The van der Waals surface area contributed by atoms with Gasteiger partial charge in [0.05, 0.1) is 11.4 Å². The molecule has 6 nitrogen and oxygen atoms in total. The zero-order valence-electron chi connectivity index (χ0n) is 11.4. The maximum atomic E-state index is 12.7. The molecule has 1 amide bonds. The van der Waals surface area contributed by atoms with Gasteiger partial charge in [-0.2, -0.15) is 5.10 Å². The van der Waals surface area contributed by atoms with Crippen molar-refractivity contribution >= 4 is 17.3 Å². The fourth-order valence-electron chi connectivity index (χ4n) is 2.42. The third kappa shape index (κ3) is 2.24. The molecule has 0 bridgehead atoms. The van der Waals surface area contributed by atoms with Gasteiger partial charge in [-0.05, 0) is 25.5 Å². The van der Waals surface area contributed by atoms with E-state index in [-0.39, 0.29) is 11.9 Å².